The molecule has 0 saturated carbocycles. The second kappa shape index (κ2) is 11.8. The largest absolute Gasteiger partial charge is 0.460 e. The summed E-state index contributed by atoms with van der Waals surface area (Å²) in [4.78, 5) is -3.14. The van der Waals surface area contributed by atoms with Gasteiger partial charge in [-0.05, 0) is 6.42 Å². The Hall–Kier alpha value is -0.710. The molecular formula is C19H22BrF17. The third kappa shape index (κ3) is 6.38. The Kier molecular flexibility index (Phi) is 11.6. The fourth-order valence-corrected chi connectivity index (χ4v) is 3.62. The lowest BCUT2D eigenvalue weighted by molar-refractivity contribution is -0.461. The van der Waals surface area contributed by atoms with Gasteiger partial charge in [0.1, 0.15) is 0 Å². The lowest BCUT2D eigenvalue weighted by atomic mass is 9.87. The quantitative estimate of drug-likeness (QED) is 0.0884. The summed E-state index contributed by atoms with van der Waals surface area (Å²) in [5.41, 5.74) is 0. The van der Waals surface area contributed by atoms with Gasteiger partial charge in [0.2, 0.25) is 0 Å². The van der Waals surface area contributed by atoms with E-state index < -0.39 is 65.3 Å². The fraction of sp³-hybridized carbons (Fsp3) is 1.00. The van der Waals surface area contributed by atoms with Gasteiger partial charge in [-0.25, -0.2) is 0 Å². The monoisotopic (exact) mass is 652 g/mol. The van der Waals surface area contributed by atoms with Crippen LogP contribution in [0.5, 0.6) is 0 Å². The predicted molar refractivity (Wildman–Crippen MR) is 101 cm³/mol. The van der Waals surface area contributed by atoms with E-state index >= 15 is 0 Å². The summed E-state index contributed by atoms with van der Waals surface area (Å²) in [5, 5.41) is 0. The normalized spacial score (nSPS) is 16.3. The molecule has 0 saturated heterocycles. The topological polar surface area (TPSA) is 0 Å². The van der Waals surface area contributed by atoms with Crippen LogP contribution >= 0.6 is 15.9 Å². The molecule has 0 nitrogen and oxygen atoms in total. The zero-order valence-corrected chi connectivity index (χ0v) is 20.3. The van der Waals surface area contributed by atoms with Crippen LogP contribution in [0.2, 0.25) is 0 Å². The first-order valence-electron chi connectivity index (χ1n) is 10.6. The van der Waals surface area contributed by atoms with Crippen LogP contribution in [0.15, 0.2) is 0 Å². The average Bonchev–Trinajstić information content (AvgIpc) is 2.73. The smallest absolute Gasteiger partial charge is 0.198 e. The third-order valence-corrected chi connectivity index (χ3v) is 6.48. The van der Waals surface area contributed by atoms with Crippen LogP contribution < -0.4 is 0 Å². The summed E-state index contributed by atoms with van der Waals surface area (Å²) >= 11 is 1.83. The Bertz CT molecular complexity index is 714. The van der Waals surface area contributed by atoms with E-state index in [0.717, 1.165) is 19.3 Å². The maximum atomic E-state index is 14.1. The van der Waals surface area contributed by atoms with E-state index in [0.29, 0.717) is 19.3 Å². The molecule has 0 aliphatic rings. The molecule has 1 unspecified atom stereocenters. The number of hydrogen-bond acceptors (Lipinski definition) is 0. The van der Waals surface area contributed by atoms with Crippen molar-refractivity contribution in [2.24, 2.45) is 0 Å². The van der Waals surface area contributed by atoms with Crippen molar-refractivity contribution in [2.45, 2.75) is 117 Å². The third-order valence-electron chi connectivity index (χ3n) is 5.45. The molecule has 0 aliphatic heterocycles. The predicted octanol–water partition coefficient (Wildman–Crippen LogP) is 10.3. The zero-order chi connectivity index (χ0) is 29.9. The Morgan fingerprint density at radius 1 is 0.432 bits per heavy atom. The van der Waals surface area contributed by atoms with Crippen molar-refractivity contribution in [1.29, 1.82) is 0 Å². The molecule has 224 valence electrons. The van der Waals surface area contributed by atoms with E-state index in [-0.39, 0.29) is 6.42 Å². The van der Waals surface area contributed by atoms with Gasteiger partial charge in [0.05, 0.1) is 4.83 Å². The van der Waals surface area contributed by atoms with Crippen molar-refractivity contribution in [3.63, 3.8) is 0 Å². The first-order chi connectivity index (χ1) is 16.2. The van der Waals surface area contributed by atoms with Gasteiger partial charge >= 0.3 is 47.6 Å². The van der Waals surface area contributed by atoms with Gasteiger partial charge in [0.15, 0.2) is 0 Å². The highest BCUT2D eigenvalue weighted by Crippen LogP contribution is 2.64. The Morgan fingerprint density at radius 2 is 0.730 bits per heavy atom. The first kappa shape index (κ1) is 36.3. The summed E-state index contributed by atoms with van der Waals surface area (Å²) in [6.45, 7) is 1.91. The summed E-state index contributed by atoms with van der Waals surface area (Å²) in [5.74, 6) is -56.0. The van der Waals surface area contributed by atoms with Crippen LogP contribution in [0.4, 0.5) is 74.6 Å². The van der Waals surface area contributed by atoms with Crippen LogP contribution in [0.1, 0.15) is 64.7 Å². The Morgan fingerprint density at radius 3 is 1.08 bits per heavy atom. The molecule has 0 rings (SSSR count). The number of hydrogen-bond donors (Lipinski definition) is 0. The number of alkyl halides is 18. The minimum absolute atomic E-state index is 0.0548. The Labute approximate surface area is 208 Å². The summed E-state index contributed by atoms with van der Waals surface area (Å²) in [6, 6.07) is 0. The number of rotatable bonds is 16. The average molecular weight is 653 g/mol. The van der Waals surface area contributed by atoms with Crippen molar-refractivity contribution in [2.75, 3.05) is 0 Å². The molecule has 0 aromatic rings. The van der Waals surface area contributed by atoms with Crippen LogP contribution in [0.25, 0.3) is 0 Å². The molecule has 1 atom stereocenters. The van der Waals surface area contributed by atoms with Crippen LogP contribution in [-0.2, 0) is 0 Å². The van der Waals surface area contributed by atoms with Gasteiger partial charge in [0.25, 0.3) is 0 Å². The molecule has 0 amide bonds. The molecule has 0 heterocycles. The fourth-order valence-electron chi connectivity index (χ4n) is 3.01. The van der Waals surface area contributed by atoms with E-state index in [2.05, 4.69) is 0 Å². The van der Waals surface area contributed by atoms with Gasteiger partial charge in [-0.3, -0.25) is 0 Å². The highest BCUT2D eigenvalue weighted by Gasteiger charge is 2.95. The lowest BCUT2D eigenvalue weighted by Gasteiger charge is -2.43. The van der Waals surface area contributed by atoms with Crippen LogP contribution in [0.3, 0.4) is 0 Å². The van der Waals surface area contributed by atoms with E-state index in [1.54, 1.807) is 0 Å². The van der Waals surface area contributed by atoms with Crippen molar-refractivity contribution in [3.8, 4) is 0 Å². The summed E-state index contributed by atoms with van der Waals surface area (Å²) in [6.07, 6.45) is -4.99. The molecular weight excluding hydrogens is 631 g/mol. The molecule has 0 bridgehead atoms. The van der Waals surface area contributed by atoms with Crippen molar-refractivity contribution in [3.05, 3.63) is 0 Å². The molecule has 0 aromatic heterocycles. The standard InChI is InChI=1S/C19H22BrF17/c1-2-3-4-5-6-7-8-9-10-11(20)12(21,22)13(23,24)14(25,26)15(27,28)16(29,30)17(31,32)18(33,34)19(35,36)37/h11H,2-10H2,1H3. The lowest BCUT2D eigenvalue weighted by Crippen LogP contribution is -2.75. The molecule has 0 radical (unpaired) electrons. The van der Waals surface area contributed by atoms with Gasteiger partial charge < -0.3 is 0 Å². The highest BCUT2D eigenvalue weighted by molar-refractivity contribution is 9.09. The second-order valence-electron chi connectivity index (χ2n) is 8.30. The van der Waals surface area contributed by atoms with Gasteiger partial charge in [-0.15, -0.1) is 0 Å². The van der Waals surface area contributed by atoms with Crippen LogP contribution in [-0.4, -0.2) is 52.5 Å². The number of unbranched alkanes of at least 4 members (excludes halogenated alkanes) is 7. The van der Waals surface area contributed by atoms with Crippen molar-refractivity contribution >= 4 is 15.9 Å². The van der Waals surface area contributed by atoms with Gasteiger partial charge in [-0.1, -0.05) is 74.2 Å². The van der Waals surface area contributed by atoms with Gasteiger partial charge in [-0.2, -0.15) is 74.6 Å². The van der Waals surface area contributed by atoms with Gasteiger partial charge in [0, 0.05) is 0 Å². The first-order valence-corrected chi connectivity index (χ1v) is 11.5. The second-order valence-corrected chi connectivity index (χ2v) is 9.40. The SMILES string of the molecule is CCCCCCCCCCC(Br)C(F)(F)C(F)(F)C(F)(F)C(F)(F)C(F)(F)C(F)(F)C(F)(F)C(F)(F)F. The highest BCUT2D eigenvalue weighted by atomic mass is 79.9. The molecule has 0 aromatic carbocycles. The van der Waals surface area contributed by atoms with E-state index in [9.17, 15) is 74.6 Å². The zero-order valence-electron chi connectivity index (χ0n) is 18.7. The van der Waals surface area contributed by atoms with E-state index in [1.165, 1.54) is 0 Å². The van der Waals surface area contributed by atoms with E-state index in [1.807, 2.05) is 22.9 Å². The molecule has 0 N–H and O–H groups in total. The maximum absolute atomic E-state index is 14.1. The maximum Gasteiger partial charge on any atom is 0.460 e. The van der Waals surface area contributed by atoms with E-state index in [4.69, 9.17) is 0 Å². The molecule has 0 fully saturated rings. The minimum atomic E-state index is -8.60. The van der Waals surface area contributed by atoms with Crippen molar-refractivity contribution in [1.82, 2.24) is 0 Å². The molecule has 18 heteroatoms. The molecule has 37 heavy (non-hydrogen) atoms. The van der Waals surface area contributed by atoms with Crippen molar-refractivity contribution < 1.29 is 74.6 Å². The van der Waals surface area contributed by atoms with Crippen LogP contribution in [0, 0.1) is 0 Å². The molecule has 0 spiro atoms. The number of halogens is 18. The summed E-state index contributed by atoms with van der Waals surface area (Å²) in [7, 11) is 0. The molecule has 0 aliphatic carbocycles. The Balaban J connectivity index is 5.90. The summed E-state index contributed by atoms with van der Waals surface area (Å²) < 4.78 is 226. The minimum Gasteiger partial charge on any atom is -0.198 e.